The van der Waals surface area contributed by atoms with Gasteiger partial charge >= 0.3 is 0 Å². The predicted molar refractivity (Wildman–Crippen MR) is 93.4 cm³/mol. The smallest absolute Gasteiger partial charge is 0.137 e. The zero-order chi connectivity index (χ0) is 15.4. The van der Waals surface area contributed by atoms with Crippen molar-refractivity contribution >= 4 is 43.5 Å². The topological polar surface area (TPSA) is 12.0 Å². The summed E-state index contributed by atoms with van der Waals surface area (Å²) in [6.45, 7) is 2.92. The van der Waals surface area contributed by atoms with Crippen LogP contribution < -0.4 is 5.32 Å². The fraction of sp³-hybridized carbons (Fsp3) is 0.250. The van der Waals surface area contributed by atoms with E-state index in [1.807, 2.05) is 30.3 Å². The van der Waals surface area contributed by atoms with Crippen molar-refractivity contribution in [2.24, 2.45) is 0 Å². The van der Waals surface area contributed by atoms with Crippen molar-refractivity contribution in [1.29, 1.82) is 0 Å². The van der Waals surface area contributed by atoms with Crippen molar-refractivity contribution in [2.45, 2.75) is 19.4 Å². The summed E-state index contributed by atoms with van der Waals surface area (Å²) in [7, 11) is 0. The van der Waals surface area contributed by atoms with Gasteiger partial charge in [0.2, 0.25) is 0 Å². The molecule has 5 heteroatoms. The molecule has 0 heterocycles. The molecule has 0 aliphatic rings. The van der Waals surface area contributed by atoms with Crippen LogP contribution in [0, 0.1) is 5.82 Å². The normalized spacial score (nSPS) is 12.4. The fourth-order valence-electron chi connectivity index (χ4n) is 2.22. The van der Waals surface area contributed by atoms with Crippen molar-refractivity contribution in [3.8, 4) is 0 Å². The Morgan fingerprint density at radius 3 is 2.52 bits per heavy atom. The van der Waals surface area contributed by atoms with Crippen LogP contribution >= 0.6 is 43.5 Å². The van der Waals surface area contributed by atoms with Crippen LogP contribution in [0.15, 0.2) is 45.3 Å². The number of halogens is 4. The second-order valence-electron chi connectivity index (χ2n) is 4.73. The molecule has 1 nitrogen and oxygen atoms in total. The number of likely N-dealkylation sites (N-methyl/N-ethyl adjacent to an activating group) is 1. The molecule has 0 aromatic heterocycles. The number of hydrogen-bond donors (Lipinski definition) is 1. The van der Waals surface area contributed by atoms with E-state index in [-0.39, 0.29) is 11.9 Å². The number of hydrogen-bond acceptors (Lipinski definition) is 1. The third-order valence-corrected chi connectivity index (χ3v) is 4.74. The van der Waals surface area contributed by atoms with E-state index in [0.29, 0.717) is 9.50 Å². The second-order valence-corrected chi connectivity index (χ2v) is 6.87. The minimum Gasteiger partial charge on any atom is -0.310 e. The molecule has 0 aliphatic heterocycles. The first kappa shape index (κ1) is 16.9. The summed E-state index contributed by atoms with van der Waals surface area (Å²) >= 11 is 12.8. The van der Waals surface area contributed by atoms with Crippen LogP contribution in [0.25, 0.3) is 0 Å². The number of rotatable bonds is 5. The van der Waals surface area contributed by atoms with Crippen molar-refractivity contribution in [1.82, 2.24) is 5.32 Å². The highest BCUT2D eigenvalue weighted by Gasteiger charge is 2.15. The molecule has 2 rings (SSSR count). The van der Waals surface area contributed by atoms with Crippen LogP contribution in [0.4, 0.5) is 4.39 Å². The molecule has 1 N–H and O–H groups in total. The van der Waals surface area contributed by atoms with Gasteiger partial charge in [0, 0.05) is 15.5 Å². The first-order valence-corrected chi connectivity index (χ1v) is 8.60. The lowest BCUT2D eigenvalue weighted by Crippen LogP contribution is -2.23. The molecular formula is C16H15Br2ClFN. The summed E-state index contributed by atoms with van der Waals surface area (Å²) in [4.78, 5) is 0. The minimum absolute atomic E-state index is 0.138. The standard InChI is InChI=1S/C16H15Br2ClFN/c1-2-21-16(12-5-4-11(19)9-13(12)17)8-10-3-6-15(20)14(18)7-10/h3-7,9,16,21H,2,8H2,1H3. The Hall–Kier alpha value is -0.420. The highest BCUT2D eigenvalue weighted by atomic mass is 79.9. The summed E-state index contributed by atoms with van der Waals surface area (Å²) in [6.07, 6.45) is 0.771. The Morgan fingerprint density at radius 1 is 1.14 bits per heavy atom. The van der Waals surface area contributed by atoms with Crippen molar-refractivity contribution in [3.63, 3.8) is 0 Å². The summed E-state index contributed by atoms with van der Waals surface area (Å²) in [5.74, 6) is -0.244. The van der Waals surface area contributed by atoms with Crippen molar-refractivity contribution in [2.75, 3.05) is 6.54 Å². The third kappa shape index (κ3) is 4.52. The minimum atomic E-state index is -0.244. The first-order valence-electron chi connectivity index (χ1n) is 6.63. The zero-order valence-electron chi connectivity index (χ0n) is 11.5. The Balaban J connectivity index is 2.28. The van der Waals surface area contributed by atoms with E-state index in [1.54, 1.807) is 0 Å². The van der Waals surface area contributed by atoms with Crippen LogP contribution in [0.1, 0.15) is 24.1 Å². The van der Waals surface area contributed by atoms with E-state index >= 15 is 0 Å². The van der Waals surface area contributed by atoms with E-state index in [4.69, 9.17) is 11.6 Å². The number of nitrogens with one attached hydrogen (secondary N) is 1. The molecule has 112 valence electrons. The molecule has 0 spiro atoms. The van der Waals surface area contributed by atoms with E-state index < -0.39 is 0 Å². The van der Waals surface area contributed by atoms with E-state index in [0.717, 1.165) is 28.6 Å². The van der Waals surface area contributed by atoms with E-state index in [2.05, 4.69) is 44.1 Å². The van der Waals surface area contributed by atoms with Crippen LogP contribution in [0.2, 0.25) is 5.02 Å². The second kappa shape index (κ2) is 7.73. The van der Waals surface area contributed by atoms with E-state index in [9.17, 15) is 4.39 Å². The Morgan fingerprint density at radius 2 is 1.90 bits per heavy atom. The molecule has 0 bridgehead atoms. The molecule has 1 atom stereocenters. The van der Waals surface area contributed by atoms with Gasteiger partial charge in [0.25, 0.3) is 0 Å². The SMILES string of the molecule is CCNC(Cc1ccc(F)c(Br)c1)c1ccc(Cl)cc1Br. The summed E-state index contributed by atoms with van der Waals surface area (Å²) in [6, 6.07) is 11.0. The molecule has 0 saturated heterocycles. The lowest BCUT2D eigenvalue weighted by molar-refractivity contribution is 0.546. The molecule has 0 saturated carbocycles. The molecule has 0 aliphatic carbocycles. The molecule has 1 unspecified atom stereocenters. The Kier molecular flexibility index (Phi) is 6.23. The summed E-state index contributed by atoms with van der Waals surface area (Å²) < 4.78 is 14.8. The molecular weight excluding hydrogens is 420 g/mol. The van der Waals surface area contributed by atoms with Crippen LogP contribution in [-0.4, -0.2) is 6.54 Å². The first-order chi connectivity index (χ1) is 10.0. The van der Waals surface area contributed by atoms with Gasteiger partial charge in [-0.1, -0.05) is 46.6 Å². The molecule has 0 radical (unpaired) electrons. The maximum Gasteiger partial charge on any atom is 0.137 e. The molecule has 2 aromatic carbocycles. The Labute approximate surface area is 146 Å². The molecule has 0 amide bonds. The van der Waals surface area contributed by atoms with Crippen molar-refractivity contribution < 1.29 is 4.39 Å². The van der Waals surface area contributed by atoms with Gasteiger partial charge in [-0.2, -0.15) is 0 Å². The number of benzene rings is 2. The summed E-state index contributed by atoms with van der Waals surface area (Å²) in [5.41, 5.74) is 2.21. The van der Waals surface area contributed by atoms with Gasteiger partial charge in [0.05, 0.1) is 4.47 Å². The zero-order valence-corrected chi connectivity index (χ0v) is 15.4. The van der Waals surface area contributed by atoms with Gasteiger partial charge < -0.3 is 5.32 Å². The molecule has 0 fully saturated rings. The highest BCUT2D eigenvalue weighted by Crippen LogP contribution is 2.29. The highest BCUT2D eigenvalue weighted by molar-refractivity contribution is 9.10. The maximum absolute atomic E-state index is 13.3. The van der Waals surface area contributed by atoms with Crippen LogP contribution in [0.3, 0.4) is 0 Å². The van der Waals surface area contributed by atoms with E-state index in [1.165, 1.54) is 6.07 Å². The quantitative estimate of drug-likeness (QED) is 0.617. The van der Waals surface area contributed by atoms with Gasteiger partial charge in [0.1, 0.15) is 5.82 Å². The summed E-state index contributed by atoms with van der Waals surface area (Å²) in [5, 5.41) is 4.16. The predicted octanol–water partition coefficient (Wildman–Crippen LogP) is 5.90. The van der Waals surface area contributed by atoms with Crippen LogP contribution in [-0.2, 0) is 6.42 Å². The average molecular weight is 436 g/mol. The van der Waals surface area contributed by atoms with Gasteiger partial charge in [-0.05, 0) is 64.3 Å². The lowest BCUT2D eigenvalue weighted by atomic mass is 9.99. The largest absolute Gasteiger partial charge is 0.310 e. The van der Waals surface area contributed by atoms with Gasteiger partial charge in [-0.3, -0.25) is 0 Å². The molecule has 21 heavy (non-hydrogen) atoms. The van der Waals surface area contributed by atoms with Gasteiger partial charge in [-0.15, -0.1) is 0 Å². The maximum atomic E-state index is 13.3. The molecule has 2 aromatic rings. The van der Waals surface area contributed by atoms with Crippen molar-refractivity contribution in [3.05, 3.63) is 67.3 Å². The fourth-order valence-corrected chi connectivity index (χ4v) is 3.61. The third-order valence-electron chi connectivity index (χ3n) is 3.21. The average Bonchev–Trinajstić information content (AvgIpc) is 2.42. The van der Waals surface area contributed by atoms with Gasteiger partial charge in [-0.25, -0.2) is 4.39 Å². The van der Waals surface area contributed by atoms with Crippen LogP contribution in [0.5, 0.6) is 0 Å². The van der Waals surface area contributed by atoms with Gasteiger partial charge in [0.15, 0.2) is 0 Å². The monoisotopic (exact) mass is 433 g/mol. The Bertz CT molecular complexity index is 634. The lowest BCUT2D eigenvalue weighted by Gasteiger charge is -2.20.